The molecule has 0 aliphatic heterocycles. The van der Waals surface area contributed by atoms with Crippen LogP contribution < -0.4 is 5.32 Å². The zero-order valence-corrected chi connectivity index (χ0v) is 12.5. The molecule has 1 unspecified atom stereocenters. The van der Waals surface area contributed by atoms with Crippen LogP contribution in [0.5, 0.6) is 0 Å². The summed E-state index contributed by atoms with van der Waals surface area (Å²) < 4.78 is 0. The van der Waals surface area contributed by atoms with Gasteiger partial charge >= 0.3 is 0 Å². The number of nitrogens with one attached hydrogen (secondary N) is 1. The van der Waals surface area contributed by atoms with Crippen molar-refractivity contribution in [2.45, 2.75) is 59.0 Å². The minimum Gasteiger partial charge on any atom is -0.299 e. The van der Waals surface area contributed by atoms with E-state index in [0.29, 0.717) is 6.42 Å². The number of carbonyl (C=O) groups excluding carboxylic acids is 2. The fourth-order valence-corrected chi connectivity index (χ4v) is 1.58. The van der Waals surface area contributed by atoms with Gasteiger partial charge in [-0.25, -0.2) is 0 Å². The molecule has 0 saturated carbocycles. The van der Waals surface area contributed by atoms with Crippen LogP contribution in [0.1, 0.15) is 47.5 Å². The van der Waals surface area contributed by atoms with E-state index in [9.17, 15) is 9.59 Å². The second-order valence-corrected chi connectivity index (χ2v) is 5.73. The molecular formula is C15H24N2O2. The summed E-state index contributed by atoms with van der Waals surface area (Å²) in [6, 6.07) is 1.15. The van der Waals surface area contributed by atoms with Crippen LogP contribution in [0, 0.1) is 17.2 Å². The first-order valence-corrected chi connectivity index (χ1v) is 6.52. The summed E-state index contributed by atoms with van der Waals surface area (Å²) in [4.78, 5) is 23.2. The molecule has 0 aliphatic rings. The Balaban J connectivity index is 4.88. The molecule has 0 rings (SSSR count). The highest BCUT2D eigenvalue weighted by atomic mass is 16.1. The maximum Gasteiger partial charge on any atom is 0.232 e. The van der Waals surface area contributed by atoms with Gasteiger partial charge in [0.1, 0.15) is 6.07 Å². The lowest BCUT2D eigenvalue weighted by Gasteiger charge is -2.32. The van der Waals surface area contributed by atoms with Crippen LogP contribution in [0.4, 0.5) is 0 Å². The zero-order chi connectivity index (χ0) is 15.2. The zero-order valence-electron chi connectivity index (χ0n) is 12.5. The van der Waals surface area contributed by atoms with E-state index in [1.807, 2.05) is 34.6 Å². The van der Waals surface area contributed by atoms with E-state index in [2.05, 4.69) is 11.9 Å². The average molecular weight is 264 g/mol. The largest absolute Gasteiger partial charge is 0.299 e. The molecule has 0 aromatic rings. The number of rotatable bonds is 8. The summed E-state index contributed by atoms with van der Waals surface area (Å²) in [5.74, 6) is -0.549. The molecular weight excluding hydrogens is 240 g/mol. The Hall–Kier alpha value is -1.47. The van der Waals surface area contributed by atoms with Gasteiger partial charge in [0.25, 0.3) is 0 Å². The standard InChI is InChI=1S/C15H24N2O2/c1-10(2)14(19)13(8-7-12(18)9-16)17-15(5,6)11(3)4/h10,13,17H,3,7-8H2,1-2,4-6H3. The number of ketones is 2. The van der Waals surface area contributed by atoms with E-state index in [4.69, 9.17) is 5.26 Å². The molecule has 0 spiro atoms. The number of hydrogen-bond donors (Lipinski definition) is 1. The Bertz CT molecular complexity index is 403. The van der Waals surface area contributed by atoms with Crippen molar-refractivity contribution in [3.8, 4) is 6.07 Å². The lowest BCUT2D eigenvalue weighted by Crippen LogP contribution is -2.51. The molecule has 1 atom stereocenters. The number of nitriles is 1. The van der Waals surface area contributed by atoms with Gasteiger partial charge in [-0.3, -0.25) is 14.9 Å². The van der Waals surface area contributed by atoms with Gasteiger partial charge in [0.15, 0.2) is 5.78 Å². The number of Topliss-reactive ketones (excluding diaryl/α,β-unsaturated/α-hetero) is 2. The first-order chi connectivity index (χ1) is 8.61. The molecule has 0 saturated heterocycles. The molecule has 4 heteroatoms. The quantitative estimate of drug-likeness (QED) is 0.540. The second-order valence-electron chi connectivity index (χ2n) is 5.73. The molecule has 0 aromatic heterocycles. The molecule has 19 heavy (non-hydrogen) atoms. The highest BCUT2D eigenvalue weighted by molar-refractivity contribution is 5.94. The molecule has 0 heterocycles. The van der Waals surface area contributed by atoms with Crippen LogP contribution in [0.3, 0.4) is 0 Å². The van der Waals surface area contributed by atoms with Crippen LogP contribution in [-0.4, -0.2) is 23.1 Å². The smallest absolute Gasteiger partial charge is 0.232 e. The van der Waals surface area contributed by atoms with Gasteiger partial charge in [0.05, 0.1) is 6.04 Å². The molecule has 0 bridgehead atoms. The van der Waals surface area contributed by atoms with Crippen molar-refractivity contribution in [1.29, 1.82) is 5.26 Å². The van der Waals surface area contributed by atoms with Crippen LogP contribution in [0.15, 0.2) is 12.2 Å². The van der Waals surface area contributed by atoms with Crippen molar-refractivity contribution in [3.63, 3.8) is 0 Å². The Morgan fingerprint density at radius 3 is 2.26 bits per heavy atom. The molecule has 1 N–H and O–H groups in total. The summed E-state index contributed by atoms with van der Waals surface area (Å²) in [6.45, 7) is 13.3. The fraction of sp³-hybridized carbons (Fsp3) is 0.667. The van der Waals surface area contributed by atoms with Crippen LogP contribution in [0.25, 0.3) is 0 Å². The maximum atomic E-state index is 12.2. The Morgan fingerprint density at radius 2 is 1.89 bits per heavy atom. The van der Waals surface area contributed by atoms with Gasteiger partial charge < -0.3 is 0 Å². The van der Waals surface area contributed by atoms with Gasteiger partial charge in [-0.1, -0.05) is 26.0 Å². The van der Waals surface area contributed by atoms with Gasteiger partial charge in [-0.2, -0.15) is 5.26 Å². The van der Waals surface area contributed by atoms with Crippen LogP contribution in [0.2, 0.25) is 0 Å². The fourth-order valence-electron chi connectivity index (χ4n) is 1.58. The highest BCUT2D eigenvalue weighted by Gasteiger charge is 2.28. The molecule has 0 amide bonds. The van der Waals surface area contributed by atoms with E-state index >= 15 is 0 Å². The SMILES string of the molecule is C=C(C)C(C)(C)NC(CCC(=O)C#N)C(=O)C(C)C. The Labute approximate surface area is 115 Å². The van der Waals surface area contributed by atoms with E-state index in [1.165, 1.54) is 0 Å². The summed E-state index contributed by atoms with van der Waals surface area (Å²) >= 11 is 0. The first kappa shape index (κ1) is 17.5. The van der Waals surface area contributed by atoms with Crippen molar-refractivity contribution in [2.24, 2.45) is 5.92 Å². The average Bonchev–Trinajstić information content (AvgIpc) is 2.32. The Kier molecular flexibility index (Phi) is 6.64. The molecule has 0 aliphatic carbocycles. The predicted octanol–water partition coefficient (Wildman–Crippen LogP) is 2.40. The lowest BCUT2D eigenvalue weighted by molar-refractivity contribution is -0.124. The summed E-state index contributed by atoms with van der Waals surface area (Å²) in [7, 11) is 0. The van der Waals surface area contributed by atoms with E-state index < -0.39 is 11.8 Å². The minimum atomic E-state index is -0.489. The number of nitrogens with zero attached hydrogens (tertiary/aromatic N) is 1. The second kappa shape index (κ2) is 7.20. The van der Waals surface area contributed by atoms with Gasteiger partial charge in [-0.05, 0) is 27.2 Å². The van der Waals surface area contributed by atoms with Crippen LogP contribution >= 0.6 is 0 Å². The van der Waals surface area contributed by atoms with Gasteiger partial charge in [0.2, 0.25) is 5.78 Å². The number of hydrogen-bond acceptors (Lipinski definition) is 4. The predicted molar refractivity (Wildman–Crippen MR) is 75.5 cm³/mol. The van der Waals surface area contributed by atoms with Crippen molar-refractivity contribution in [1.82, 2.24) is 5.32 Å². The van der Waals surface area contributed by atoms with Gasteiger partial charge in [-0.15, -0.1) is 0 Å². The van der Waals surface area contributed by atoms with Crippen molar-refractivity contribution in [3.05, 3.63) is 12.2 Å². The highest BCUT2D eigenvalue weighted by Crippen LogP contribution is 2.17. The summed E-state index contributed by atoms with van der Waals surface area (Å²) in [5.41, 5.74) is 0.533. The van der Waals surface area contributed by atoms with E-state index in [1.54, 1.807) is 6.07 Å². The minimum absolute atomic E-state index is 0.0556. The van der Waals surface area contributed by atoms with Crippen molar-refractivity contribution < 1.29 is 9.59 Å². The summed E-state index contributed by atoms with van der Waals surface area (Å²) in [5, 5.41) is 11.7. The van der Waals surface area contributed by atoms with Crippen molar-refractivity contribution >= 4 is 11.6 Å². The lowest BCUT2D eigenvalue weighted by atomic mass is 9.90. The maximum absolute atomic E-state index is 12.2. The number of carbonyl (C=O) groups is 2. The summed E-state index contributed by atoms with van der Waals surface area (Å²) in [6.07, 6.45) is 0.443. The third-order valence-electron chi connectivity index (χ3n) is 3.30. The third-order valence-corrected chi connectivity index (χ3v) is 3.30. The molecule has 0 radical (unpaired) electrons. The molecule has 0 fully saturated rings. The topological polar surface area (TPSA) is 70.0 Å². The van der Waals surface area contributed by atoms with Gasteiger partial charge in [0, 0.05) is 17.9 Å². The van der Waals surface area contributed by atoms with E-state index in [0.717, 1.165) is 5.57 Å². The molecule has 4 nitrogen and oxygen atoms in total. The van der Waals surface area contributed by atoms with Crippen LogP contribution in [-0.2, 0) is 9.59 Å². The molecule has 0 aromatic carbocycles. The van der Waals surface area contributed by atoms with E-state index in [-0.39, 0.29) is 23.7 Å². The molecule has 106 valence electrons. The third kappa shape index (κ3) is 5.80. The monoisotopic (exact) mass is 264 g/mol. The Morgan fingerprint density at radius 1 is 1.37 bits per heavy atom. The first-order valence-electron chi connectivity index (χ1n) is 6.52. The normalized spacial score (nSPS) is 12.9. The van der Waals surface area contributed by atoms with Crippen molar-refractivity contribution in [2.75, 3.05) is 0 Å².